The van der Waals surface area contributed by atoms with E-state index < -0.39 is 5.97 Å². The van der Waals surface area contributed by atoms with Crippen molar-refractivity contribution < 1.29 is 9.53 Å². The number of halogens is 2. The van der Waals surface area contributed by atoms with E-state index in [-0.39, 0.29) is 12.2 Å². The molecule has 0 unspecified atom stereocenters. The Hall–Kier alpha value is -1.50. The van der Waals surface area contributed by atoms with E-state index in [0.717, 1.165) is 6.08 Å². The number of rotatable bonds is 3. The molecular weight excluding hydrogens is 261 g/mol. The van der Waals surface area contributed by atoms with Crippen LogP contribution in [0.4, 0.5) is 0 Å². The Morgan fingerprint density at radius 3 is 2.71 bits per heavy atom. The Bertz CT molecular complexity index is 504. The molecule has 0 radical (unpaired) electrons. The standard InChI is InChI=1S/C12H9Cl2NO2/c1-2-17-12(16)9(5-6-15)8-3-4-10(13)11(14)7-8/h3-5,7H,2H2,1H3/b9-5-. The lowest BCUT2D eigenvalue weighted by Gasteiger charge is -2.06. The Labute approximate surface area is 109 Å². The predicted octanol–water partition coefficient (Wildman–Crippen LogP) is 3.46. The number of nitrogens with zero attached hydrogens (tertiary/aromatic N) is 1. The highest BCUT2D eigenvalue weighted by molar-refractivity contribution is 6.42. The fourth-order valence-corrected chi connectivity index (χ4v) is 1.50. The Balaban J connectivity index is 3.16. The average Bonchev–Trinajstić information content (AvgIpc) is 2.30. The number of allylic oxidation sites excluding steroid dienone is 1. The van der Waals surface area contributed by atoms with Gasteiger partial charge in [0.2, 0.25) is 0 Å². The highest BCUT2D eigenvalue weighted by Crippen LogP contribution is 2.26. The zero-order valence-electron chi connectivity index (χ0n) is 9.04. The van der Waals surface area contributed by atoms with Crippen molar-refractivity contribution in [3.63, 3.8) is 0 Å². The van der Waals surface area contributed by atoms with Crippen LogP contribution < -0.4 is 0 Å². The molecule has 0 bridgehead atoms. The molecule has 0 saturated heterocycles. The highest BCUT2D eigenvalue weighted by atomic mass is 35.5. The first kappa shape index (κ1) is 13.6. The minimum absolute atomic E-state index is 0.160. The molecular formula is C12H9Cl2NO2. The van der Waals surface area contributed by atoms with E-state index in [4.69, 9.17) is 33.2 Å². The summed E-state index contributed by atoms with van der Waals surface area (Å²) in [6.07, 6.45) is 1.12. The van der Waals surface area contributed by atoms with E-state index in [1.165, 1.54) is 6.07 Å². The summed E-state index contributed by atoms with van der Waals surface area (Å²) in [6, 6.07) is 6.48. The molecule has 0 N–H and O–H groups in total. The summed E-state index contributed by atoms with van der Waals surface area (Å²) >= 11 is 11.6. The number of nitriles is 1. The van der Waals surface area contributed by atoms with E-state index in [0.29, 0.717) is 15.6 Å². The molecule has 1 aromatic carbocycles. The summed E-state index contributed by atoms with van der Waals surface area (Å²) in [4.78, 5) is 11.6. The van der Waals surface area contributed by atoms with E-state index in [1.807, 2.05) is 0 Å². The molecule has 0 atom stereocenters. The molecule has 0 aliphatic rings. The van der Waals surface area contributed by atoms with E-state index in [1.54, 1.807) is 25.1 Å². The molecule has 0 aliphatic heterocycles. The second-order valence-corrected chi connectivity index (χ2v) is 3.85. The Morgan fingerprint density at radius 2 is 2.18 bits per heavy atom. The Morgan fingerprint density at radius 1 is 1.47 bits per heavy atom. The maximum absolute atomic E-state index is 11.6. The van der Waals surface area contributed by atoms with Crippen molar-refractivity contribution in [1.29, 1.82) is 5.26 Å². The van der Waals surface area contributed by atoms with Crippen molar-refractivity contribution in [2.45, 2.75) is 6.92 Å². The van der Waals surface area contributed by atoms with Gasteiger partial charge in [-0.15, -0.1) is 0 Å². The smallest absolute Gasteiger partial charge is 0.339 e. The van der Waals surface area contributed by atoms with Crippen LogP contribution >= 0.6 is 23.2 Å². The van der Waals surface area contributed by atoms with Crippen molar-refractivity contribution in [2.75, 3.05) is 6.61 Å². The van der Waals surface area contributed by atoms with Crippen molar-refractivity contribution in [3.8, 4) is 6.07 Å². The molecule has 0 amide bonds. The number of hydrogen-bond acceptors (Lipinski definition) is 3. The highest BCUT2D eigenvalue weighted by Gasteiger charge is 2.14. The maximum Gasteiger partial charge on any atom is 0.339 e. The van der Waals surface area contributed by atoms with Crippen LogP contribution in [0.25, 0.3) is 5.57 Å². The summed E-state index contributed by atoms with van der Waals surface area (Å²) in [5, 5.41) is 9.35. The average molecular weight is 270 g/mol. The molecule has 1 aromatic rings. The van der Waals surface area contributed by atoms with Gasteiger partial charge in [-0.1, -0.05) is 29.3 Å². The van der Waals surface area contributed by atoms with Crippen LogP contribution in [0.1, 0.15) is 12.5 Å². The number of esters is 1. The first-order chi connectivity index (χ1) is 8.10. The summed E-state index contributed by atoms with van der Waals surface area (Å²) < 4.78 is 4.85. The molecule has 1 rings (SSSR count). The molecule has 3 nitrogen and oxygen atoms in total. The molecule has 0 saturated carbocycles. The van der Waals surface area contributed by atoms with Crippen LogP contribution in [-0.2, 0) is 9.53 Å². The van der Waals surface area contributed by atoms with Crippen LogP contribution in [0.2, 0.25) is 10.0 Å². The van der Waals surface area contributed by atoms with Crippen molar-refractivity contribution >= 4 is 34.7 Å². The lowest BCUT2D eigenvalue weighted by molar-refractivity contribution is -0.136. The van der Waals surface area contributed by atoms with Gasteiger partial charge in [0.1, 0.15) is 0 Å². The Kier molecular flexibility index (Phi) is 5.02. The summed E-state index contributed by atoms with van der Waals surface area (Å²) in [7, 11) is 0. The first-order valence-electron chi connectivity index (χ1n) is 4.82. The largest absolute Gasteiger partial charge is 0.462 e. The molecule has 0 aromatic heterocycles. The first-order valence-corrected chi connectivity index (χ1v) is 5.58. The molecule has 0 fully saturated rings. The molecule has 0 spiro atoms. The zero-order valence-corrected chi connectivity index (χ0v) is 10.5. The quantitative estimate of drug-likeness (QED) is 0.480. The third-order valence-corrected chi connectivity index (χ3v) is 2.67. The minimum atomic E-state index is -0.563. The fourth-order valence-electron chi connectivity index (χ4n) is 1.20. The summed E-state index contributed by atoms with van der Waals surface area (Å²) in [5.41, 5.74) is 0.660. The third kappa shape index (κ3) is 3.48. The van der Waals surface area contributed by atoms with Crippen LogP contribution in [0, 0.1) is 11.3 Å². The number of carbonyl (C=O) groups is 1. The van der Waals surface area contributed by atoms with Crippen LogP contribution in [-0.4, -0.2) is 12.6 Å². The second kappa shape index (κ2) is 6.29. The SMILES string of the molecule is CCOC(=O)/C(=C\C#N)c1ccc(Cl)c(Cl)c1. The number of carbonyl (C=O) groups excluding carboxylic acids is 1. The number of benzene rings is 1. The van der Waals surface area contributed by atoms with Gasteiger partial charge in [-0.25, -0.2) is 4.79 Å². The van der Waals surface area contributed by atoms with Crippen molar-refractivity contribution in [1.82, 2.24) is 0 Å². The molecule has 88 valence electrons. The van der Waals surface area contributed by atoms with Gasteiger partial charge in [0, 0.05) is 6.08 Å². The van der Waals surface area contributed by atoms with Gasteiger partial charge < -0.3 is 4.74 Å². The predicted molar refractivity (Wildman–Crippen MR) is 66.7 cm³/mol. The van der Waals surface area contributed by atoms with Crippen LogP contribution in [0.3, 0.4) is 0 Å². The van der Waals surface area contributed by atoms with Gasteiger partial charge in [0.25, 0.3) is 0 Å². The molecule has 0 aliphatic carbocycles. The number of hydrogen-bond donors (Lipinski definition) is 0. The van der Waals surface area contributed by atoms with Gasteiger partial charge >= 0.3 is 5.97 Å². The van der Waals surface area contributed by atoms with Crippen molar-refractivity contribution in [2.24, 2.45) is 0 Å². The van der Waals surface area contributed by atoms with Gasteiger partial charge in [0.05, 0.1) is 28.3 Å². The van der Waals surface area contributed by atoms with Crippen molar-refractivity contribution in [3.05, 3.63) is 39.9 Å². The van der Waals surface area contributed by atoms with Crippen LogP contribution in [0.15, 0.2) is 24.3 Å². The molecule has 5 heteroatoms. The summed E-state index contributed by atoms with van der Waals surface area (Å²) in [5.74, 6) is -0.563. The lowest BCUT2D eigenvalue weighted by Crippen LogP contribution is -2.06. The molecule has 0 heterocycles. The van der Waals surface area contributed by atoms with Gasteiger partial charge in [-0.3, -0.25) is 0 Å². The lowest BCUT2D eigenvalue weighted by atomic mass is 10.1. The van der Waals surface area contributed by atoms with Gasteiger partial charge in [-0.2, -0.15) is 5.26 Å². The number of ether oxygens (including phenoxy) is 1. The van der Waals surface area contributed by atoms with E-state index in [9.17, 15) is 4.79 Å². The van der Waals surface area contributed by atoms with E-state index >= 15 is 0 Å². The summed E-state index contributed by atoms with van der Waals surface area (Å²) in [6.45, 7) is 1.93. The fraction of sp³-hybridized carbons (Fsp3) is 0.167. The second-order valence-electron chi connectivity index (χ2n) is 3.04. The minimum Gasteiger partial charge on any atom is -0.462 e. The van der Waals surface area contributed by atoms with Gasteiger partial charge in [0.15, 0.2) is 0 Å². The maximum atomic E-state index is 11.6. The van der Waals surface area contributed by atoms with Gasteiger partial charge in [-0.05, 0) is 24.6 Å². The van der Waals surface area contributed by atoms with E-state index in [2.05, 4.69) is 0 Å². The normalized spacial score (nSPS) is 10.8. The monoisotopic (exact) mass is 269 g/mol. The van der Waals surface area contributed by atoms with Crippen LogP contribution in [0.5, 0.6) is 0 Å². The zero-order chi connectivity index (χ0) is 12.8. The third-order valence-electron chi connectivity index (χ3n) is 1.93. The molecule has 17 heavy (non-hydrogen) atoms. The topological polar surface area (TPSA) is 50.1 Å².